The first kappa shape index (κ1) is 8.99. The summed E-state index contributed by atoms with van der Waals surface area (Å²) in [7, 11) is 0. The van der Waals surface area contributed by atoms with Gasteiger partial charge in [-0.15, -0.1) is 0 Å². The second-order valence-electron chi connectivity index (χ2n) is 4.24. The summed E-state index contributed by atoms with van der Waals surface area (Å²) in [4.78, 5) is 15.5. The lowest BCUT2D eigenvalue weighted by atomic mass is 9.79. The molecule has 0 aliphatic carbocycles. The van der Waals surface area contributed by atoms with E-state index in [1.165, 1.54) is 0 Å². The Morgan fingerprint density at radius 1 is 1.50 bits per heavy atom. The zero-order valence-electron chi connectivity index (χ0n) is 8.29. The number of aromatic nitrogens is 1. The van der Waals surface area contributed by atoms with Gasteiger partial charge in [-0.1, -0.05) is 19.9 Å². The van der Waals surface area contributed by atoms with Crippen LogP contribution in [0, 0.1) is 0 Å². The average molecular weight is 191 g/mol. The van der Waals surface area contributed by atoms with E-state index >= 15 is 0 Å². The van der Waals surface area contributed by atoms with Gasteiger partial charge in [0.15, 0.2) is 0 Å². The van der Waals surface area contributed by atoms with Crippen LogP contribution in [0.1, 0.15) is 25.8 Å². The van der Waals surface area contributed by atoms with Gasteiger partial charge in [0.1, 0.15) is 11.6 Å². The number of amides is 1. The molecule has 0 bridgehead atoms. The molecule has 3 N–H and O–H groups in total. The van der Waals surface area contributed by atoms with E-state index in [2.05, 4.69) is 10.3 Å². The maximum Gasteiger partial charge on any atom is 0.226 e. The monoisotopic (exact) mass is 191 g/mol. The number of hydrogen-bond acceptors (Lipinski definition) is 3. The molecular formula is C10H13N3O. The van der Waals surface area contributed by atoms with Gasteiger partial charge in [-0.2, -0.15) is 0 Å². The Morgan fingerprint density at radius 3 is 2.93 bits per heavy atom. The Kier molecular flexibility index (Phi) is 1.74. The van der Waals surface area contributed by atoms with Gasteiger partial charge < -0.3 is 11.1 Å². The highest BCUT2D eigenvalue weighted by atomic mass is 16.1. The number of nitrogens with two attached hydrogens (primary N) is 1. The fraction of sp³-hybridized carbons (Fsp3) is 0.400. The van der Waals surface area contributed by atoms with E-state index in [1.807, 2.05) is 19.9 Å². The van der Waals surface area contributed by atoms with Crippen molar-refractivity contribution in [2.75, 3.05) is 11.1 Å². The molecule has 0 spiro atoms. The Morgan fingerprint density at radius 2 is 2.21 bits per heavy atom. The Labute approximate surface area is 82.5 Å². The second kappa shape index (κ2) is 2.70. The maximum atomic E-state index is 11.4. The number of nitrogens with one attached hydrogen (secondary N) is 1. The van der Waals surface area contributed by atoms with Crippen LogP contribution in [0.2, 0.25) is 0 Å². The lowest BCUT2D eigenvalue weighted by Gasteiger charge is -2.31. The van der Waals surface area contributed by atoms with E-state index in [0.29, 0.717) is 18.1 Å². The normalized spacial score (nSPS) is 18.6. The van der Waals surface area contributed by atoms with Gasteiger partial charge >= 0.3 is 0 Å². The molecule has 2 heterocycles. The molecule has 0 unspecified atom stereocenters. The second-order valence-corrected chi connectivity index (χ2v) is 4.24. The van der Waals surface area contributed by atoms with E-state index < -0.39 is 0 Å². The SMILES string of the molecule is CC1(C)CC(=O)Nc2nc(N)ccc21. The quantitative estimate of drug-likeness (QED) is 0.649. The number of anilines is 2. The lowest BCUT2D eigenvalue weighted by molar-refractivity contribution is -0.117. The molecule has 1 aliphatic heterocycles. The van der Waals surface area contributed by atoms with Gasteiger partial charge in [0, 0.05) is 17.4 Å². The van der Waals surface area contributed by atoms with E-state index in [-0.39, 0.29) is 11.3 Å². The first-order valence-corrected chi connectivity index (χ1v) is 4.56. The minimum absolute atomic E-state index is 0.000556. The number of hydrogen-bond donors (Lipinski definition) is 2. The number of fused-ring (bicyclic) bond motifs is 1. The summed E-state index contributed by atoms with van der Waals surface area (Å²) in [6, 6.07) is 3.69. The van der Waals surface area contributed by atoms with Crippen LogP contribution in [-0.2, 0) is 10.2 Å². The summed E-state index contributed by atoms with van der Waals surface area (Å²) in [6.07, 6.45) is 0.492. The topological polar surface area (TPSA) is 68.0 Å². The molecule has 1 aromatic rings. The predicted octanol–water partition coefficient (Wildman–Crippen LogP) is 1.28. The van der Waals surface area contributed by atoms with E-state index in [0.717, 1.165) is 5.56 Å². The molecule has 0 saturated carbocycles. The van der Waals surface area contributed by atoms with Crippen molar-refractivity contribution in [1.82, 2.24) is 4.98 Å². The lowest BCUT2D eigenvalue weighted by Crippen LogP contribution is -2.33. The van der Waals surface area contributed by atoms with Crippen molar-refractivity contribution in [3.8, 4) is 0 Å². The molecule has 1 amide bonds. The van der Waals surface area contributed by atoms with Crippen LogP contribution in [0.25, 0.3) is 0 Å². The zero-order chi connectivity index (χ0) is 10.3. The minimum Gasteiger partial charge on any atom is -0.384 e. The van der Waals surface area contributed by atoms with Gasteiger partial charge in [-0.05, 0) is 6.07 Å². The third-order valence-electron chi connectivity index (χ3n) is 2.51. The highest BCUT2D eigenvalue weighted by Crippen LogP contribution is 2.36. The summed E-state index contributed by atoms with van der Waals surface area (Å²) in [5, 5.41) is 2.73. The van der Waals surface area contributed by atoms with Gasteiger partial charge in [0.05, 0.1) is 0 Å². The summed E-state index contributed by atoms with van der Waals surface area (Å²) < 4.78 is 0. The van der Waals surface area contributed by atoms with Crippen LogP contribution in [0.5, 0.6) is 0 Å². The average Bonchev–Trinajstić information content (AvgIpc) is 2.00. The Bertz CT molecular complexity index is 398. The molecule has 74 valence electrons. The van der Waals surface area contributed by atoms with Gasteiger partial charge in [0.25, 0.3) is 0 Å². The zero-order valence-corrected chi connectivity index (χ0v) is 8.29. The molecule has 0 aromatic carbocycles. The van der Waals surface area contributed by atoms with Crippen LogP contribution in [0.3, 0.4) is 0 Å². The molecule has 0 atom stereocenters. The summed E-state index contributed by atoms with van der Waals surface area (Å²) in [5.74, 6) is 1.04. The molecular weight excluding hydrogens is 178 g/mol. The summed E-state index contributed by atoms with van der Waals surface area (Å²) >= 11 is 0. The van der Waals surface area contributed by atoms with Crippen molar-refractivity contribution >= 4 is 17.5 Å². The summed E-state index contributed by atoms with van der Waals surface area (Å²) in [5.41, 5.74) is 6.45. The van der Waals surface area contributed by atoms with Crippen LogP contribution >= 0.6 is 0 Å². The van der Waals surface area contributed by atoms with E-state index in [9.17, 15) is 4.79 Å². The number of rotatable bonds is 0. The van der Waals surface area contributed by atoms with Gasteiger partial charge in [-0.25, -0.2) is 4.98 Å². The molecule has 14 heavy (non-hydrogen) atoms. The Balaban J connectivity index is 2.57. The molecule has 0 saturated heterocycles. The van der Waals surface area contributed by atoms with Crippen LogP contribution in [-0.4, -0.2) is 10.9 Å². The standard InChI is InChI=1S/C10H13N3O/c1-10(2)5-8(14)13-9-6(10)3-4-7(11)12-9/h3-4H,5H2,1-2H3,(H3,11,12,13,14). The van der Waals surface area contributed by atoms with Crippen molar-refractivity contribution in [2.24, 2.45) is 0 Å². The van der Waals surface area contributed by atoms with Crippen molar-refractivity contribution in [3.05, 3.63) is 17.7 Å². The molecule has 0 fully saturated rings. The van der Waals surface area contributed by atoms with Crippen molar-refractivity contribution in [2.45, 2.75) is 25.7 Å². The van der Waals surface area contributed by atoms with Crippen LogP contribution in [0.15, 0.2) is 12.1 Å². The molecule has 0 radical (unpaired) electrons. The minimum atomic E-state index is -0.154. The third-order valence-corrected chi connectivity index (χ3v) is 2.51. The smallest absolute Gasteiger partial charge is 0.226 e. The largest absolute Gasteiger partial charge is 0.384 e. The number of nitrogen functional groups attached to an aromatic ring is 1. The van der Waals surface area contributed by atoms with Gasteiger partial charge in [0.2, 0.25) is 5.91 Å². The Hall–Kier alpha value is -1.58. The first-order chi connectivity index (χ1) is 6.49. The van der Waals surface area contributed by atoms with E-state index in [1.54, 1.807) is 6.07 Å². The van der Waals surface area contributed by atoms with Crippen molar-refractivity contribution in [1.29, 1.82) is 0 Å². The number of pyridine rings is 1. The van der Waals surface area contributed by atoms with Crippen molar-refractivity contribution in [3.63, 3.8) is 0 Å². The maximum absolute atomic E-state index is 11.4. The molecule has 4 nitrogen and oxygen atoms in total. The molecule has 2 rings (SSSR count). The van der Waals surface area contributed by atoms with Crippen LogP contribution in [0.4, 0.5) is 11.6 Å². The van der Waals surface area contributed by atoms with Crippen LogP contribution < -0.4 is 11.1 Å². The van der Waals surface area contributed by atoms with E-state index in [4.69, 9.17) is 5.73 Å². The van der Waals surface area contributed by atoms with Crippen molar-refractivity contribution < 1.29 is 4.79 Å². The molecule has 1 aromatic heterocycles. The molecule has 4 heteroatoms. The number of carbonyl (C=O) groups excluding carboxylic acids is 1. The molecule has 1 aliphatic rings. The number of carbonyl (C=O) groups is 1. The van der Waals surface area contributed by atoms with Gasteiger partial charge in [-0.3, -0.25) is 4.79 Å². The highest BCUT2D eigenvalue weighted by Gasteiger charge is 2.32. The highest BCUT2D eigenvalue weighted by molar-refractivity contribution is 5.94. The predicted molar refractivity (Wildman–Crippen MR) is 54.9 cm³/mol. The fourth-order valence-corrected chi connectivity index (χ4v) is 1.79. The third kappa shape index (κ3) is 1.32. The summed E-state index contributed by atoms with van der Waals surface area (Å²) in [6.45, 7) is 4.06. The fourth-order valence-electron chi connectivity index (χ4n) is 1.79. The number of nitrogens with zero attached hydrogens (tertiary/aromatic N) is 1. The first-order valence-electron chi connectivity index (χ1n) is 4.56.